The van der Waals surface area contributed by atoms with Crippen LogP contribution in [0.1, 0.15) is 13.8 Å². The van der Waals surface area contributed by atoms with E-state index in [-0.39, 0.29) is 0 Å². The molecule has 0 rings (SSSR count). The van der Waals surface area contributed by atoms with Crippen LogP contribution in [0.15, 0.2) is 0 Å². The largest absolute Gasteiger partial charge is 0.449 e. The molecule has 0 radical (unpaired) electrons. The molecule has 0 spiro atoms. The van der Waals surface area contributed by atoms with Gasteiger partial charge in [-0.25, -0.2) is 9.69 Å². The molecule has 0 heterocycles. The standard InChI is InChI=1S/C6H10N2O2/c1-3-8(5-7)6(9)10-4-2/h3-4H2,1-2H3. The molecule has 1 amide bonds. The maximum absolute atomic E-state index is 10.7. The zero-order valence-corrected chi connectivity index (χ0v) is 6.13. The van der Waals surface area contributed by atoms with Crippen LogP contribution >= 0.6 is 0 Å². The molecule has 10 heavy (non-hydrogen) atoms. The number of carbonyl (C=O) groups excluding carboxylic acids is 1. The van der Waals surface area contributed by atoms with Gasteiger partial charge in [-0.3, -0.25) is 0 Å². The van der Waals surface area contributed by atoms with Gasteiger partial charge in [0.25, 0.3) is 0 Å². The average Bonchev–Trinajstić information content (AvgIpc) is 1.91. The molecular weight excluding hydrogens is 132 g/mol. The Kier molecular flexibility index (Phi) is 4.05. The lowest BCUT2D eigenvalue weighted by Crippen LogP contribution is -2.26. The predicted molar refractivity (Wildman–Crippen MR) is 35.0 cm³/mol. The van der Waals surface area contributed by atoms with E-state index in [2.05, 4.69) is 4.74 Å². The normalized spacial score (nSPS) is 8.10. The highest BCUT2D eigenvalue weighted by atomic mass is 16.6. The Labute approximate surface area is 60.0 Å². The molecule has 0 aromatic heterocycles. The van der Waals surface area contributed by atoms with Crippen molar-refractivity contribution < 1.29 is 9.53 Å². The Morgan fingerprint density at radius 2 is 2.30 bits per heavy atom. The van der Waals surface area contributed by atoms with Crippen LogP contribution in [0.3, 0.4) is 0 Å². The second-order valence-corrected chi connectivity index (χ2v) is 1.54. The summed E-state index contributed by atoms with van der Waals surface area (Å²) in [5.74, 6) is 0. The maximum Gasteiger partial charge on any atom is 0.423 e. The minimum Gasteiger partial charge on any atom is -0.449 e. The highest BCUT2D eigenvalue weighted by Gasteiger charge is 2.09. The Balaban J connectivity index is 3.80. The third-order valence-electron chi connectivity index (χ3n) is 0.925. The fourth-order valence-electron chi connectivity index (χ4n) is 0.442. The second kappa shape index (κ2) is 4.62. The first kappa shape index (κ1) is 8.76. The summed E-state index contributed by atoms with van der Waals surface area (Å²) in [4.78, 5) is 11.6. The monoisotopic (exact) mass is 142 g/mol. The van der Waals surface area contributed by atoms with Gasteiger partial charge in [0.15, 0.2) is 6.19 Å². The van der Waals surface area contributed by atoms with E-state index in [1.165, 1.54) is 0 Å². The number of nitrogens with zero attached hydrogens (tertiary/aromatic N) is 2. The van der Waals surface area contributed by atoms with Crippen LogP contribution in [-0.2, 0) is 4.74 Å². The number of nitriles is 1. The Morgan fingerprint density at radius 3 is 2.60 bits per heavy atom. The van der Waals surface area contributed by atoms with Crippen molar-refractivity contribution in [2.75, 3.05) is 13.2 Å². The summed E-state index contributed by atoms with van der Waals surface area (Å²) >= 11 is 0. The van der Waals surface area contributed by atoms with Crippen LogP contribution < -0.4 is 0 Å². The highest BCUT2D eigenvalue weighted by molar-refractivity contribution is 5.69. The van der Waals surface area contributed by atoms with Crippen LogP contribution in [0.2, 0.25) is 0 Å². The van der Waals surface area contributed by atoms with Crippen LogP contribution in [0, 0.1) is 11.5 Å². The summed E-state index contributed by atoms with van der Waals surface area (Å²) in [6.45, 7) is 4.07. The number of rotatable bonds is 2. The van der Waals surface area contributed by atoms with E-state index >= 15 is 0 Å². The molecule has 0 fully saturated rings. The summed E-state index contributed by atoms with van der Waals surface area (Å²) in [5, 5.41) is 8.30. The Bertz CT molecular complexity index is 150. The van der Waals surface area contributed by atoms with Crippen molar-refractivity contribution in [2.45, 2.75) is 13.8 Å². The van der Waals surface area contributed by atoms with Gasteiger partial charge in [-0.2, -0.15) is 5.26 Å². The smallest absolute Gasteiger partial charge is 0.423 e. The molecule has 0 aliphatic rings. The summed E-state index contributed by atoms with van der Waals surface area (Å²) in [6, 6.07) is 0. The molecule has 0 unspecified atom stereocenters. The van der Waals surface area contributed by atoms with Gasteiger partial charge in [0.05, 0.1) is 6.61 Å². The van der Waals surface area contributed by atoms with Crippen LogP contribution in [-0.4, -0.2) is 24.1 Å². The van der Waals surface area contributed by atoms with E-state index < -0.39 is 6.09 Å². The van der Waals surface area contributed by atoms with Crippen molar-refractivity contribution in [2.24, 2.45) is 0 Å². The van der Waals surface area contributed by atoms with E-state index in [4.69, 9.17) is 5.26 Å². The van der Waals surface area contributed by atoms with E-state index in [9.17, 15) is 4.79 Å². The van der Waals surface area contributed by atoms with Crippen LogP contribution in [0.4, 0.5) is 4.79 Å². The van der Waals surface area contributed by atoms with Crippen molar-refractivity contribution in [3.8, 4) is 6.19 Å². The molecule has 0 N–H and O–H groups in total. The van der Waals surface area contributed by atoms with Crippen molar-refractivity contribution in [1.82, 2.24) is 4.90 Å². The van der Waals surface area contributed by atoms with Crippen molar-refractivity contribution >= 4 is 6.09 Å². The van der Waals surface area contributed by atoms with Gasteiger partial charge in [-0.05, 0) is 13.8 Å². The summed E-state index contributed by atoms with van der Waals surface area (Å²) in [6.07, 6.45) is 1.12. The first-order valence-corrected chi connectivity index (χ1v) is 3.10. The third-order valence-corrected chi connectivity index (χ3v) is 0.925. The molecule has 0 aromatic rings. The van der Waals surface area contributed by atoms with Gasteiger partial charge >= 0.3 is 6.09 Å². The lowest BCUT2D eigenvalue weighted by molar-refractivity contribution is 0.126. The zero-order chi connectivity index (χ0) is 7.98. The number of amides is 1. The first-order chi connectivity index (χ1) is 4.76. The number of hydrogen-bond donors (Lipinski definition) is 0. The third kappa shape index (κ3) is 2.35. The van der Waals surface area contributed by atoms with E-state index in [1.54, 1.807) is 20.0 Å². The van der Waals surface area contributed by atoms with Crippen molar-refractivity contribution in [3.05, 3.63) is 0 Å². The van der Waals surface area contributed by atoms with Crippen molar-refractivity contribution in [3.63, 3.8) is 0 Å². The minimum absolute atomic E-state index is 0.303. The van der Waals surface area contributed by atoms with Gasteiger partial charge in [0.2, 0.25) is 0 Å². The molecule has 0 aliphatic carbocycles. The fourth-order valence-corrected chi connectivity index (χ4v) is 0.442. The van der Waals surface area contributed by atoms with Gasteiger partial charge in [-0.1, -0.05) is 0 Å². The van der Waals surface area contributed by atoms with E-state index in [0.29, 0.717) is 13.2 Å². The molecule has 0 atom stereocenters. The molecule has 4 nitrogen and oxygen atoms in total. The van der Waals surface area contributed by atoms with Gasteiger partial charge in [0.1, 0.15) is 0 Å². The van der Waals surface area contributed by atoms with Gasteiger partial charge < -0.3 is 4.74 Å². The molecule has 0 aromatic carbocycles. The number of hydrogen-bond acceptors (Lipinski definition) is 3. The quantitative estimate of drug-likeness (QED) is 0.426. The predicted octanol–water partition coefficient (Wildman–Crippen LogP) is 0.946. The summed E-state index contributed by atoms with van der Waals surface area (Å²) < 4.78 is 4.55. The molecule has 4 heteroatoms. The summed E-state index contributed by atoms with van der Waals surface area (Å²) in [5.41, 5.74) is 0. The first-order valence-electron chi connectivity index (χ1n) is 3.10. The zero-order valence-electron chi connectivity index (χ0n) is 6.13. The summed E-state index contributed by atoms with van der Waals surface area (Å²) in [7, 11) is 0. The Hall–Kier alpha value is -1.24. The van der Waals surface area contributed by atoms with Crippen molar-refractivity contribution in [1.29, 1.82) is 5.26 Å². The molecule has 56 valence electrons. The van der Waals surface area contributed by atoms with Gasteiger partial charge in [-0.15, -0.1) is 0 Å². The molecule has 0 bridgehead atoms. The van der Waals surface area contributed by atoms with Crippen LogP contribution in [0.5, 0.6) is 0 Å². The lowest BCUT2D eigenvalue weighted by atomic mass is 10.6. The Morgan fingerprint density at radius 1 is 1.70 bits per heavy atom. The second-order valence-electron chi connectivity index (χ2n) is 1.54. The topological polar surface area (TPSA) is 53.3 Å². The maximum atomic E-state index is 10.7. The minimum atomic E-state index is -0.576. The highest BCUT2D eigenvalue weighted by Crippen LogP contribution is 1.89. The van der Waals surface area contributed by atoms with Gasteiger partial charge in [0, 0.05) is 6.54 Å². The SMILES string of the molecule is CCOC(=O)N(C#N)CC. The lowest BCUT2D eigenvalue weighted by Gasteiger charge is -2.08. The molecule has 0 saturated heterocycles. The number of carbonyl (C=O) groups is 1. The fraction of sp³-hybridized carbons (Fsp3) is 0.667. The van der Waals surface area contributed by atoms with E-state index in [0.717, 1.165) is 4.90 Å². The molecule has 0 aliphatic heterocycles. The van der Waals surface area contributed by atoms with E-state index in [1.807, 2.05) is 0 Å². The molecule has 0 saturated carbocycles. The number of ether oxygens (including phenoxy) is 1. The van der Waals surface area contributed by atoms with Crippen LogP contribution in [0.25, 0.3) is 0 Å². The molecular formula is C6H10N2O2. The average molecular weight is 142 g/mol.